The van der Waals surface area contributed by atoms with E-state index in [2.05, 4.69) is 5.32 Å². The minimum absolute atomic E-state index is 0.164. The van der Waals surface area contributed by atoms with Gasteiger partial charge in [0, 0.05) is 6.42 Å². The van der Waals surface area contributed by atoms with Crippen molar-refractivity contribution in [2.45, 2.75) is 52.0 Å². The highest BCUT2D eigenvalue weighted by Gasteiger charge is 2.50. The molecule has 0 spiro atoms. The summed E-state index contributed by atoms with van der Waals surface area (Å²) in [7, 11) is 0. The van der Waals surface area contributed by atoms with Crippen molar-refractivity contribution in [3.8, 4) is 0 Å². The summed E-state index contributed by atoms with van der Waals surface area (Å²) in [6, 6.07) is -0.363. The van der Waals surface area contributed by atoms with Gasteiger partial charge in [0.1, 0.15) is 0 Å². The molecule has 0 aliphatic carbocycles. The largest absolute Gasteiger partial charge is 0.367 e. The molecule has 0 aromatic carbocycles. The molecule has 2 rings (SSSR count). The molecular weight excluding hydrogens is 266 g/mol. The first-order valence-corrected chi connectivity index (χ1v) is 7.27. The first kappa shape index (κ1) is 15.6. The van der Waals surface area contributed by atoms with Crippen LogP contribution < -0.4 is 5.32 Å². The van der Waals surface area contributed by atoms with E-state index in [1.54, 1.807) is 20.8 Å². The van der Waals surface area contributed by atoms with Crippen molar-refractivity contribution in [2.24, 2.45) is 11.3 Å². The molecule has 1 N–H and O–H groups in total. The van der Waals surface area contributed by atoms with Crippen molar-refractivity contribution in [1.29, 1.82) is 0 Å². The van der Waals surface area contributed by atoms with Crippen molar-refractivity contribution >= 4 is 5.97 Å². The van der Waals surface area contributed by atoms with E-state index in [-0.39, 0.29) is 18.4 Å². The van der Waals surface area contributed by atoms with Crippen LogP contribution in [0.4, 0.5) is 8.78 Å². The second-order valence-electron chi connectivity index (χ2n) is 6.92. The van der Waals surface area contributed by atoms with Crippen LogP contribution in [0.1, 0.15) is 40.0 Å². The van der Waals surface area contributed by atoms with E-state index in [0.717, 1.165) is 25.9 Å². The average Bonchev–Trinajstić information content (AvgIpc) is 2.64. The molecule has 0 radical (unpaired) electrons. The monoisotopic (exact) mass is 290 g/mol. The third-order valence-corrected chi connectivity index (χ3v) is 4.01. The molecule has 6 heteroatoms. The van der Waals surface area contributed by atoms with Gasteiger partial charge in [0.05, 0.1) is 18.0 Å². The highest BCUT2D eigenvalue weighted by molar-refractivity contribution is 5.75. The van der Waals surface area contributed by atoms with Gasteiger partial charge in [-0.3, -0.25) is 0 Å². The smallest absolute Gasteiger partial charge is 0.330 e. The van der Waals surface area contributed by atoms with Crippen LogP contribution >= 0.6 is 0 Å². The summed E-state index contributed by atoms with van der Waals surface area (Å²) >= 11 is 0. The van der Waals surface area contributed by atoms with Gasteiger partial charge in [-0.2, -0.15) is 0 Å². The second kappa shape index (κ2) is 5.56. The Labute approximate surface area is 118 Å². The topological polar surface area (TPSA) is 41.6 Å². The van der Waals surface area contributed by atoms with E-state index in [1.165, 1.54) is 5.06 Å². The summed E-state index contributed by atoms with van der Waals surface area (Å²) in [5, 5.41) is 4.46. The Kier molecular flexibility index (Phi) is 4.35. The maximum atomic E-state index is 13.7. The zero-order chi connectivity index (χ0) is 15.0. The van der Waals surface area contributed by atoms with Crippen molar-refractivity contribution in [3.63, 3.8) is 0 Å². The number of piperidine rings is 1. The molecule has 1 atom stereocenters. The molecule has 116 valence electrons. The van der Waals surface area contributed by atoms with E-state index in [9.17, 15) is 13.6 Å². The maximum Gasteiger partial charge on any atom is 0.330 e. The molecule has 20 heavy (non-hydrogen) atoms. The molecule has 0 unspecified atom stereocenters. The van der Waals surface area contributed by atoms with Crippen LogP contribution in [-0.4, -0.2) is 42.6 Å². The Morgan fingerprint density at radius 3 is 2.45 bits per heavy atom. The Hall–Kier alpha value is -0.750. The molecule has 0 aromatic rings. The van der Waals surface area contributed by atoms with Gasteiger partial charge < -0.3 is 10.2 Å². The van der Waals surface area contributed by atoms with Gasteiger partial charge in [0.2, 0.25) is 0 Å². The fourth-order valence-corrected chi connectivity index (χ4v) is 2.79. The third-order valence-electron chi connectivity index (χ3n) is 4.01. The number of hydrogen-bond acceptors (Lipinski definition) is 4. The molecule has 4 nitrogen and oxygen atoms in total. The van der Waals surface area contributed by atoms with Gasteiger partial charge in [-0.05, 0) is 52.6 Å². The minimum atomic E-state index is -2.77. The molecule has 2 aliphatic rings. The molecule has 2 saturated heterocycles. The zero-order valence-corrected chi connectivity index (χ0v) is 12.4. The van der Waals surface area contributed by atoms with Crippen molar-refractivity contribution in [3.05, 3.63) is 0 Å². The SMILES string of the molecule is CC(C)(C)C(=O)ON1CC(F)(F)C[C@H]1C1CCNCC1. The van der Waals surface area contributed by atoms with E-state index < -0.39 is 23.9 Å². The summed E-state index contributed by atoms with van der Waals surface area (Å²) < 4.78 is 27.4. The van der Waals surface area contributed by atoms with Crippen molar-refractivity contribution in [2.75, 3.05) is 19.6 Å². The fraction of sp³-hybridized carbons (Fsp3) is 0.929. The number of hydroxylamine groups is 2. The first-order valence-electron chi connectivity index (χ1n) is 7.27. The van der Waals surface area contributed by atoms with E-state index in [1.807, 2.05) is 0 Å². The van der Waals surface area contributed by atoms with Gasteiger partial charge in [0.25, 0.3) is 5.92 Å². The number of nitrogens with zero attached hydrogens (tertiary/aromatic N) is 1. The minimum Gasteiger partial charge on any atom is -0.367 e. The Bertz CT molecular complexity index is 363. The van der Waals surface area contributed by atoms with Crippen molar-refractivity contribution in [1.82, 2.24) is 10.4 Å². The Balaban J connectivity index is 2.05. The van der Waals surface area contributed by atoms with Crippen LogP contribution in [0, 0.1) is 11.3 Å². The fourth-order valence-electron chi connectivity index (χ4n) is 2.79. The van der Waals surface area contributed by atoms with Crippen LogP contribution in [0.25, 0.3) is 0 Å². The second-order valence-corrected chi connectivity index (χ2v) is 6.92. The van der Waals surface area contributed by atoms with Crippen LogP contribution in [0.3, 0.4) is 0 Å². The first-order chi connectivity index (χ1) is 9.19. The van der Waals surface area contributed by atoms with Gasteiger partial charge in [-0.15, -0.1) is 5.06 Å². The summed E-state index contributed by atoms with van der Waals surface area (Å²) in [5.41, 5.74) is -0.684. The van der Waals surface area contributed by atoms with Crippen LogP contribution in [0.15, 0.2) is 0 Å². The number of alkyl halides is 2. The highest BCUT2D eigenvalue weighted by atomic mass is 19.3. The lowest BCUT2D eigenvalue weighted by atomic mass is 9.89. The predicted molar refractivity (Wildman–Crippen MR) is 71.2 cm³/mol. The number of halogens is 2. The zero-order valence-electron chi connectivity index (χ0n) is 12.4. The summed E-state index contributed by atoms with van der Waals surface area (Å²) in [6.45, 7) is 6.38. The number of nitrogens with one attached hydrogen (secondary N) is 1. The molecule has 0 amide bonds. The normalized spacial score (nSPS) is 28.6. The number of carbonyl (C=O) groups excluding carboxylic acids is 1. The lowest BCUT2D eigenvalue weighted by Gasteiger charge is -2.33. The summed E-state index contributed by atoms with van der Waals surface area (Å²) in [5.74, 6) is -3.06. The Morgan fingerprint density at radius 2 is 1.90 bits per heavy atom. The molecule has 0 bridgehead atoms. The molecular formula is C14H24F2N2O2. The van der Waals surface area contributed by atoms with Gasteiger partial charge >= 0.3 is 5.97 Å². The Morgan fingerprint density at radius 1 is 1.30 bits per heavy atom. The predicted octanol–water partition coefficient (Wildman–Crippen LogP) is 2.20. The summed E-state index contributed by atoms with van der Waals surface area (Å²) in [6.07, 6.45) is 1.49. The van der Waals surface area contributed by atoms with Crippen LogP contribution in [-0.2, 0) is 9.63 Å². The standard InChI is InChI=1S/C14H24F2N2O2/c1-13(2,3)12(19)20-18-9-14(15,16)8-11(18)10-4-6-17-7-5-10/h10-11,17H,4-9H2,1-3H3/t11-/m0/s1. The lowest BCUT2D eigenvalue weighted by Crippen LogP contribution is -2.43. The van der Waals surface area contributed by atoms with Gasteiger partial charge in [-0.1, -0.05) is 0 Å². The summed E-state index contributed by atoms with van der Waals surface area (Å²) in [4.78, 5) is 17.2. The number of rotatable bonds is 2. The molecule has 2 aliphatic heterocycles. The third kappa shape index (κ3) is 3.67. The number of hydrogen-bond donors (Lipinski definition) is 1. The molecule has 0 saturated carbocycles. The van der Waals surface area contributed by atoms with Crippen LogP contribution in [0.5, 0.6) is 0 Å². The van der Waals surface area contributed by atoms with Crippen molar-refractivity contribution < 1.29 is 18.4 Å². The quantitative estimate of drug-likeness (QED) is 0.846. The van der Waals surface area contributed by atoms with Crippen LogP contribution in [0.2, 0.25) is 0 Å². The highest BCUT2D eigenvalue weighted by Crippen LogP contribution is 2.38. The molecule has 2 heterocycles. The molecule has 2 fully saturated rings. The van der Waals surface area contributed by atoms with E-state index in [4.69, 9.17) is 4.84 Å². The average molecular weight is 290 g/mol. The van der Waals surface area contributed by atoms with Gasteiger partial charge in [0.15, 0.2) is 0 Å². The van der Waals surface area contributed by atoms with E-state index >= 15 is 0 Å². The number of carbonyl (C=O) groups is 1. The molecule has 0 aromatic heterocycles. The van der Waals surface area contributed by atoms with E-state index in [0.29, 0.717) is 0 Å². The van der Waals surface area contributed by atoms with Gasteiger partial charge in [-0.25, -0.2) is 13.6 Å². The maximum absolute atomic E-state index is 13.7. The lowest BCUT2D eigenvalue weighted by molar-refractivity contribution is -0.212.